The molecule has 0 saturated carbocycles. The van der Waals surface area contributed by atoms with Gasteiger partial charge in [-0.3, -0.25) is 4.79 Å². The maximum Gasteiger partial charge on any atom is 0.349 e. The summed E-state index contributed by atoms with van der Waals surface area (Å²) in [6.07, 6.45) is 1.49. The van der Waals surface area contributed by atoms with Crippen molar-refractivity contribution in [1.29, 1.82) is 0 Å². The fourth-order valence-corrected chi connectivity index (χ4v) is 3.50. The number of carbonyl (C=O) groups excluding carboxylic acids is 1. The molecule has 0 radical (unpaired) electrons. The van der Waals surface area contributed by atoms with Crippen LogP contribution < -0.4 is 20.8 Å². The standard InChI is InChI=1S/C20H20N2O6S/c1-3-4-15-17(27-2)10-5-12-11-16(20(24)28-18(12)15)19(23)22-13-6-8-14(9-7-13)29(21,25)26/h5-11H,3-4H2,1-2H3,(H,22,23)(H2,21,25,26). The Morgan fingerprint density at radius 2 is 1.86 bits per heavy atom. The van der Waals surface area contributed by atoms with Crippen LogP contribution in [0.1, 0.15) is 29.3 Å². The van der Waals surface area contributed by atoms with Gasteiger partial charge in [-0.05, 0) is 48.9 Å². The molecule has 152 valence electrons. The molecule has 9 heteroatoms. The fourth-order valence-electron chi connectivity index (χ4n) is 2.99. The number of aryl methyl sites for hydroxylation is 1. The lowest BCUT2D eigenvalue weighted by Gasteiger charge is -2.11. The Balaban J connectivity index is 1.96. The monoisotopic (exact) mass is 416 g/mol. The Labute approximate surface area is 167 Å². The summed E-state index contributed by atoms with van der Waals surface area (Å²) in [4.78, 5) is 24.9. The summed E-state index contributed by atoms with van der Waals surface area (Å²) in [5, 5.41) is 8.19. The molecule has 0 fully saturated rings. The quantitative estimate of drug-likeness (QED) is 0.595. The van der Waals surface area contributed by atoms with Crippen molar-refractivity contribution in [3.8, 4) is 5.75 Å². The highest BCUT2D eigenvalue weighted by atomic mass is 32.2. The molecule has 3 N–H and O–H groups in total. The van der Waals surface area contributed by atoms with E-state index in [1.165, 1.54) is 30.3 Å². The number of rotatable bonds is 6. The van der Waals surface area contributed by atoms with Gasteiger partial charge in [-0.2, -0.15) is 0 Å². The van der Waals surface area contributed by atoms with E-state index in [-0.39, 0.29) is 10.5 Å². The lowest BCUT2D eigenvalue weighted by atomic mass is 10.0. The second-order valence-electron chi connectivity index (χ2n) is 6.39. The molecule has 1 amide bonds. The van der Waals surface area contributed by atoms with Gasteiger partial charge in [0.2, 0.25) is 10.0 Å². The van der Waals surface area contributed by atoms with Crippen molar-refractivity contribution >= 4 is 32.6 Å². The average Bonchev–Trinajstić information content (AvgIpc) is 2.68. The van der Waals surface area contributed by atoms with Crippen LogP contribution in [0.4, 0.5) is 5.69 Å². The lowest BCUT2D eigenvalue weighted by Crippen LogP contribution is -2.21. The number of hydrogen-bond donors (Lipinski definition) is 2. The van der Waals surface area contributed by atoms with E-state index in [0.29, 0.717) is 28.8 Å². The molecule has 1 aromatic heterocycles. The highest BCUT2D eigenvalue weighted by molar-refractivity contribution is 7.89. The number of sulfonamides is 1. The van der Waals surface area contributed by atoms with E-state index in [1.807, 2.05) is 6.92 Å². The van der Waals surface area contributed by atoms with E-state index >= 15 is 0 Å². The summed E-state index contributed by atoms with van der Waals surface area (Å²) < 4.78 is 33.4. The van der Waals surface area contributed by atoms with Crippen LogP contribution in [0.5, 0.6) is 5.75 Å². The van der Waals surface area contributed by atoms with Crippen LogP contribution in [-0.2, 0) is 16.4 Å². The number of benzene rings is 2. The smallest absolute Gasteiger partial charge is 0.349 e. The van der Waals surface area contributed by atoms with Crippen molar-refractivity contribution in [2.24, 2.45) is 5.14 Å². The Bertz CT molecular complexity index is 1230. The summed E-state index contributed by atoms with van der Waals surface area (Å²) in [5.74, 6) is -0.0495. The van der Waals surface area contributed by atoms with Crippen LogP contribution in [0.2, 0.25) is 0 Å². The van der Waals surface area contributed by atoms with Gasteiger partial charge < -0.3 is 14.5 Å². The van der Waals surface area contributed by atoms with Gasteiger partial charge in [0.15, 0.2) is 0 Å². The maximum absolute atomic E-state index is 12.6. The molecule has 0 spiro atoms. The third kappa shape index (κ3) is 4.30. The zero-order chi connectivity index (χ0) is 21.2. The SMILES string of the molecule is CCCc1c(OC)ccc2cc(C(=O)Nc3ccc(S(N)(=O)=O)cc3)c(=O)oc12. The van der Waals surface area contributed by atoms with E-state index in [1.54, 1.807) is 19.2 Å². The molecular weight excluding hydrogens is 396 g/mol. The van der Waals surface area contributed by atoms with Gasteiger partial charge in [-0.15, -0.1) is 0 Å². The number of methoxy groups -OCH3 is 1. The van der Waals surface area contributed by atoms with Crippen LogP contribution in [0, 0.1) is 0 Å². The molecule has 0 aliphatic rings. The minimum Gasteiger partial charge on any atom is -0.496 e. The minimum absolute atomic E-state index is 0.0851. The van der Waals surface area contributed by atoms with E-state index in [2.05, 4.69) is 5.32 Å². The van der Waals surface area contributed by atoms with Crippen molar-refractivity contribution in [3.63, 3.8) is 0 Å². The van der Waals surface area contributed by atoms with Gasteiger partial charge >= 0.3 is 5.63 Å². The van der Waals surface area contributed by atoms with Gasteiger partial charge in [0.05, 0.1) is 12.0 Å². The molecule has 0 unspecified atom stereocenters. The van der Waals surface area contributed by atoms with Gasteiger partial charge in [0.25, 0.3) is 5.91 Å². The third-order valence-corrected chi connectivity index (χ3v) is 5.30. The van der Waals surface area contributed by atoms with Gasteiger partial charge in [-0.1, -0.05) is 13.3 Å². The van der Waals surface area contributed by atoms with Crippen LogP contribution in [0.25, 0.3) is 11.0 Å². The predicted molar refractivity (Wildman–Crippen MR) is 109 cm³/mol. The molecule has 0 saturated heterocycles. The zero-order valence-electron chi connectivity index (χ0n) is 15.9. The summed E-state index contributed by atoms with van der Waals surface area (Å²) in [6.45, 7) is 2.00. The summed E-state index contributed by atoms with van der Waals surface area (Å²) in [7, 11) is -2.29. The number of nitrogens with one attached hydrogen (secondary N) is 1. The van der Waals surface area contributed by atoms with Crippen LogP contribution in [-0.4, -0.2) is 21.4 Å². The summed E-state index contributed by atoms with van der Waals surface area (Å²) in [5.41, 5.74) is 0.533. The number of fused-ring (bicyclic) bond motifs is 1. The molecule has 1 heterocycles. The number of ether oxygens (including phenoxy) is 1. The van der Waals surface area contributed by atoms with E-state index in [9.17, 15) is 18.0 Å². The van der Waals surface area contributed by atoms with Crippen molar-refractivity contribution in [1.82, 2.24) is 0 Å². The lowest BCUT2D eigenvalue weighted by molar-refractivity contribution is 0.102. The number of primary sulfonamides is 1. The molecule has 3 rings (SSSR count). The molecule has 0 bridgehead atoms. The molecule has 8 nitrogen and oxygen atoms in total. The van der Waals surface area contributed by atoms with E-state index in [4.69, 9.17) is 14.3 Å². The zero-order valence-corrected chi connectivity index (χ0v) is 16.7. The predicted octanol–water partition coefficient (Wildman–Crippen LogP) is 2.65. The highest BCUT2D eigenvalue weighted by Crippen LogP contribution is 2.29. The van der Waals surface area contributed by atoms with Crippen molar-refractivity contribution in [3.05, 3.63) is 64.0 Å². The highest BCUT2D eigenvalue weighted by Gasteiger charge is 2.18. The molecule has 2 aromatic carbocycles. The van der Waals surface area contributed by atoms with Crippen LogP contribution >= 0.6 is 0 Å². The number of hydrogen-bond acceptors (Lipinski definition) is 6. The number of anilines is 1. The van der Waals surface area contributed by atoms with Gasteiger partial charge in [0, 0.05) is 16.6 Å². The molecule has 0 aliphatic carbocycles. The number of amides is 1. The normalized spacial score (nSPS) is 11.4. The van der Waals surface area contributed by atoms with Crippen molar-refractivity contribution < 1.29 is 22.4 Å². The van der Waals surface area contributed by atoms with E-state index < -0.39 is 21.6 Å². The first-order valence-electron chi connectivity index (χ1n) is 8.82. The Morgan fingerprint density at radius 3 is 2.45 bits per heavy atom. The second kappa shape index (κ2) is 8.06. The summed E-state index contributed by atoms with van der Waals surface area (Å²) in [6, 6.07) is 10.2. The Morgan fingerprint density at radius 1 is 1.17 bits per heavy atom. The summed E-state index contributed by atoms with van der Waals surface area (Å²) >= 11 is 0. The van der Waals surface area contributed by atoms with Crippen LogP contribution in [0.15, 0.2) is 56.6 Å². The first-order chi connectivity index (χ1) is 13.7. The molecule has 3 aromatic rings. The largest absolute Gasteiger partial charge is 0.496 e. The van der Waals surface area contributed by atoms with Crippen molar-refractivity contribution in [2.75, 3.05) is 12.4 Å². The van der Waals surface area contributed by atoms with Crippen LogP contribution in [0.3, 0.4) is 0 Å². The maximum atomic E-state index is 12.6. The first-order valence-corrected chi connectivity index (χ1v) is 10.4. The first kappa shape index (κ1) is 20.6. The van der Waals surface area contributed by atoms with Gasteiger partial charge in [-0.25, -0.2) is 18.4 Å². The number of nitrogens with two attached hydrogens (primary N) is 1. The Kier molecular flexibility index (Phi) is 5.71. The second-order valence-corrected chi connectivity index (χ2v) is 7.95. The fraction of sp³-hybridized carbons (Fsp3) is 0.200. The molecular formula is C20H20N2O6S. The molecule has 0 aliphatic heterocycles. The van der Waals surface area contributed by atoms with E-state index in [0.717, 1.165) is 12.0 Å². The Hall–Kier alpha value is -3.17. The third-order valence-electron chi connectivity index (χ3n) is 4.37. The van der Waals surface area contributed by atoms with Crippen molar-refractivity contribution in [2.45, 2.75) is 24.7 Å². The topological polar surface area (TPSA) is 129 Å². The number of carbonyl (C=O) groups is 1. The molecule has 0 atom stereocenters. The minimum atomic E-state index is -3.83. The van der Waals surface area contributed by atoms with Gasteiger partial charge in [0.1, 0.15) is 16.9 Å². The average molecular weight is 416 g/mol. The molecule has 29 heavy (non-hydrogen) atoms.